The molecule has 1 fully saturated rings. The van der Waals surface area contributed by atoms with Crippen LogP contribution in [0.4, 0.5) is 0 Å². The molecule has 0 radical (unpaired) electrons. The van der Waals surface area contributed by atoms with Gasteiger partial charge in [-0.2, -0.15) is 0 Å². The lowest BCUT2D eigenvalue weighted by Gasteiger charge is -2.34. The van der Waals surface area contributed by atoms with Crippen LogP contribution in [0, 0.1) is 5.92 Å². The molecule has 1 aromatic rings. The molecular weight excluding hydrogens is 200 g/mol. The SMILES string of the molecule is CCOc1ccccc1C(NN)C1CCC1. The van der Waals surface area contributed by atoms with Gasteiger partial charge in [-0.25, -0.2) is 0 Å². The zero-order chi connectivity index (χ0) is 11.4. The van der Waals surface area contributed by atoms with Gasteiger partial charge in [-0.05, 0) is 31.7 Å². The van der Waals surface area contributed by atoms with E-state index in [4.69, 9.17) is 10.6 Å². The number of hydrogen-bond acceptors (Lipinski definition) is 3. The molecule has 0 heterocycles. The third-order valence-electron chi connectivity index (χ3n) is 3.35. The summed E-state index contributed by atoms with van der Waals surface area (Å²) in [6.45, 7) is 2.70. The van der Waals surface area contributed by atoms with Gasteiger partial charge in [-0.3, -0.25) is 11.3 Å². The quantitative estimate of drug-likeness (QED) is 0.591. The third-order valence-corrected chi connectivity index (χ3v) is 3.35. The van der Waals surface area contributed by atoms with Crippen LogP contribution in [0.25, 0.3) is 0 Å². The summed E-state index contributed by atoms with van der Waals surface area (Å²) in [5, 5.41) is 0. The van der Waals surface area contributed by atoms with Crippen LogP contribution < -0.4 is 16.0 Å². The van der Waals surface area contributed by atoms with Gasteiger partial charge in [0.25, 0.3) is 0 Å². The van der Waals surface area contributed by atoms with E-state index in [1.165, 1.54) is 24.8 Å². The largest absolute Gasteiger partial charge is 0.494 e. The summed E-state index contributed by atoms with van der Waals surface area (Å²) in [5.74, 6) is 7.29. The van der Waals surface area contributed by atoms with E-state index in [0.29, 0.717) is 12.5 Å². The number of hydrazine groups is 1. The summed E-state index contributed by atoms with van der Waals surface area (Å²) in [5.41, 5.74) is 4.13. The standard InChI is InChI=1S/C13H20N2O/c1-2-16-12-9-4-3-8-11(12)13(15-14)10-6-5-7-10/h3-4,8-10,13,15H,2,5-7,14H2,1H3. The molecule has 3 nitrogen and oxygen atoms in total. The summed E-state index contributed by atoms with van der Waals surface area (Å²) in [6, 6.07) is 8.40. The molecule has 3 N–H and O–H groups in total. The number of ether oxygens (including phenoxy) is 1. The Balaban J connectivity index is 2.21. The van der Waals surface area contributed by atoms with Crippen molar-refractivity contribution in [3.8, 4) is 5.75 Å². The molecule has 16 heavy (non-hydrogen) atoms. The van der Waals surface area contributed by atoms with Crippen LogP contribution >= 0.6 is 0 Å². The van der Waals surface area contributed by atoms with Gasteiger partial charge in [0.15, 0.2) is 0 Å². The van der Waals surface area contributed by atoms with Crippen LogP contribution in [0.2, 0.25) is 0 Å². The van der Waals surface area contributed by atoms with Gasteiger partial charge in [-0.15, -0.1) is 0 Å². The van der Waals surface area contributed by atoms with Crippen LogP contribution in [0.3, 0.4) is 0 Å². The van der Waals surface area contributed by atoms with Crippen molar-refractivity contribution in [1.29, 1.82) is 0 Å². The van der Waals surface area contributed by atoms with Crippen LogP contribution in [-0.4, -0.2) is 6.61 Å². The first-order valence-electron chi connectivity index (χ1n) is 6.04. The van der Waals surface area contributed by atoms with E-state index in [1.807, 2.05) is 25.1 Å². The average molecular weight is 220 g/mol. The molecule has 3 heteroatoms. The molecule has 1 aliphatic rings. The van der Waals surface area contributed by atoms with Crippen molar-refractivity contribution in [1.82, 2.24) is 5.43 Å². The van der Waals surface area contributed by atoms with Crippen LogP contribution in [0.5, 0.6) is 5.75 Å². The fraction of sp³-hybridized carbons (Fsp3) is 0.538. The van der Waals surface area contributed by atoms with E-state index in [0.717, 1.165) is 5.75 Å². The maximum absolute atomic E-state index is 5.67. The Morgan fingerprint density at radius 3 is 2.75 bits per heavy atom. The van der Waals surface area contributed by atoms with Crippen molar-refractivity contribution < 1.29 is 4.74 Å². The lowest BCUT2D eigenvalue weighted by atomic mass is 9.77. The van der Waals surface area contributed by atoms with E-state index < -0.39 is 0 Å². The predicted molar refractivity (Wildman–Crippen MR) is 65.0 cm³/mol. The number of rotatable bonds is 5. The predicted octanol–water partition coefficient (Wildman–Crippen LogP) is 2.39. The van der Waals surface area contributed by atoms with E-state index >= 15 is 0 Å². The molecule has 88 valence electrons. The Bertz CT molecular complexity index is 336. The Morgan fingerprint density at radius 1 is 1.44 bits per heavy atom. The molecule has 1 aromatic carbocycles. The molecule has 0 saturated heterocycles. The summed E-state index contributed by atoms with van der Waals surface area (Å²) in [4.78, 5) is 0. The first-order chi connectivity index (χ1) is 7.86. The first kappa shape index (κ1) is 11.4. The van der Waals surface area contributed by atoms with Crippen molar-refractivity contribution in [2.45, 2.75) is 32.2 Å². The second kappa shape index (κ2) is 5.32. The monoisotopic (exact) mass is 220 g/mol. The maximum atomic E-state index is 5.67. The van der Waals surface area contributed by atoms with Crippen molar-refractivity contribution in [3.63, 3.8) is 0 Å². The Morgan fingerprint density at radius 2 is 2.19 bits per heavy atom. The number of hydrogen-bond donors (Lipinski definition) is 2. The van der Waals surface area contributed by atoms with E-state index in [9.17, 15) is 0 Å². The highest BCUT2D eigenvalue weighted by Gasteiger charge is 2.29. The van der Waals surface area contributed by atoms with Crippen molar-refractivity contribution >= 4 is 0 Å². The Labute approximate surface area is 97.0 Å². The van der Waals surface area contributed by atoms with Gasteiger partial charge < -0.3 is 4.74 Å². The van der Waals surface area contributed by atoms with Crippen molar-refractivity contribution in [2.75, 3.05) is 6.61 Å². The Hall–Kier alpha value is -1.06. The lowest BCUT2D eigenvalue weighted by molar-refractivity contribution is 0.225. The fourth-order valence-corrected chi connectivity index (χ4v) is 2.28. The van der Waals surface area contributed by atoms with Gasteiger partial charge in [-0.1, -0.05) is 24.6 Å². The van der Waals surface area contributed by atoms with Crippen LogP contribution in [0.1, 0.15) is 37.8 Å². The summed E-state index contributed by atoms with van der Waals surface area (Å²) < 4.78 is 5.64. The smallest absolute Gasteiger partial charge is 0.124 e. The molecule has 1 aliphatic carbocycles. The molecule has 1 atom stereocenters. The van der Waals surface area contributed by atoms with Crippen molar-refractivity contribution in [2.24, 2.45) is 11.8 Å². The fourth-order valence-electron chi connectivity index (χ4n) is 2.28. The normalized spacial score (nSPS) is 17.9. The lowest BCUT2D eigenvalue weighted by Crippen LogP contribution is -2.36. The molecule has 0 aromatic heterocycles. The minimum absolute atomic E-state index is 0.233. The summed E-state index contributed by atoms with van der Waals surface area (Å²) in [7, 11) is 0. The highest BCUT2D eigenvalue weighted by molar-refractivity contribution is 5.36. The molecule has 0 aliphatic heterocycles. The molecule has 1 unspecified atom stereocenters. The summed E-state index contributed by atoms with van der Waals surface area (Å²) in [6.07, 6.45) is 3.84. The van der Waals surface area contributed by atoms with Crippen LogP contribution in [-0.2, 0) is 0 Å². The second-order valence-corrected chi connectivity index (χ2v) is 4.31. The molecule has 1 saturated carbocycles. The zero-order valence-electron chi connectivity index (χ0n) is 9.78. The minimum Gasteiger partial charge on any atom is -0.494 e. The molecule has 0 amide bonds. The topological polar surface area (TPSA) is 47.3 Å². The van der Waals surface area contributed by atoms with Gasteiger partial charge in [0.05, 0.1) is 12.6 Å². The molecular formula is C13H20N2O. The van der Waals surface area contributed by atoms with E-state index in [-0.39, 0.29) is 6.04 Å². The number of para-hydroxylation sites is 1. The molecule has 2 rings (SSSR count). The molecule has 0 bridgehead atoms. The van der Waals surface area contributed by atoms with E-state index in [1.54, 1.807) is 0 Å². The van der Waals surface area contributed by atoms with Crippen LogP contribution in [0.15, 0.2) is 24.3 Å². The number of nitrogens with one attached hydrogen (secondary N) is 1. The van der Waals surface area contributed by atoms with Crippen molar-refractivity contribution in [3.05, 3.63) is 29.8 Å². The highest BCUT2D eigenvalue weighted by atomic mass is 16.5. The van der Waals surface area contributed by atoms with Gasteiger partial charge in [0.2, 0.25) is 0 Å². The summed E-state index contributed by atoms with van der Waals surface area (Å²) >= 11 is 0. The Kier molecular flexibility index (Phi) is 3.80. The second-order valence-electron chi connectivity index (χ2n) is 4.31. The zero-order valence-corrected chi connectivity index (χ0v) is 9.78. The number of nitrogens with two attached hydrogens (primary N) is 1. The first-order valence-corrected chi connectivity index (χ1v) is 6.04. The van der Waals surface area contributed by atoms with E-state index in [2.05, 4.69) is 11.5 Å². The highest BCUT2D eigenvalue weighted by Crippen LogP contribution is 2.40. The maximum Gasteiger partial charge on any atom is 0.124 e. The van der Waals surface area contributed by atoms with Gasteiger partial charge in [0, 0.05) is 5.56 Å². The third kappa shape index (κ3) is 2.20. The van der Waals surface area contributed by atoms with Gasteiger partial charge in [0.1, 0.15) is 5.75 Å². The minimum atomic E-state index is 0.233. The number of benzene rings is 1. The molecule has 0 spiro atoms. The van der Waals surface area contributed by atoms with Gasteiger partial charge >= 0.3 is 0 Å². The average Bonchev–Trinajstić information content (AvgIpc) is 2.25.